The van der Waals surface area contributed by atoms with Gasteiger partial charge in [0.1, 0.15) is 0 Å². The van der Waals surface area contributed by atoms with E-state index >= 15 is 0 Å². The molecular formula is C8H8N4O3. The van der Waals surface area contributed by atoms with Gasteiger partial charge in [-0.25, -0.2) is 0 Å². The second-order valence-corrected chi connectivity index (χ2v) is 2.53. The summed E-state index contributed by atoms with van der Waals surface area (Å²) in [7, 11) is 0. The third kappa shape index (κ3) is 3.17. The normalized spacial score (nSPS) is 9.07. The van der Waals surface area contributed by atoms with Crippen molar-refractivity contribution in [3.05, 3.63) is 44.8 Å². The van der Waals surface area contributed by atoms with E-state index in [1.165, 1.54) is 12.1 Å². The van der Waals surface area contributed by atoms with Crippen molar-refractivity contribution in [2.45, 2.75) is 0 Å². The smallest absolute Gasteiger partial charge is 0.310 e. The van der Waals surface area contributed by atoms with E-state index < -0.39 is 4.92 Å². The molecule has 0 unspecified atom stereocenters. The van der Waals surface area contributed by atoms with Crippen LogP contribution in [0, 0.1) is 10.1 Å². The molecule has 7 nitrogen and oxygen atoms in total. The summed E-state index contributed by atoms with van der Waals surface area (Å²) in [5.41, 5.74) is 7.90. The lowest BCUT2D eigenvalue weighted by Crippen LogP contribution is -2.02. The third-order valence-corrected chi connectivity index (χ3v) is 1.57. The second-order valence-electron chi connectivity index (χ2n) is 2.53. The van der Waals surface area contributed by atoms with Gasteiger partial charge in [0, 0.05) is 11.0 Å². The van der Waals surface area contributed by atoms with Gasteiger partial charge in [0.05, 0.1) is 18.1 Å². The van der Waals surface area contributed by atoms with Gasteiger partial charge in [-0.1, -0.05) is 17.2 Å². The fourth-order valence-corrected chi connectivity index (χ4v) is 0.971. The van der Waals surface area contributed by atoms with Crippen LogP contribution in [0.5, 0.6) is 5.75 Å². The van der Waals surface area contributed by atoms with Crippen molar-refractivity contribution in [1.29, 1.82) is 0 Å². The Morgan fingerprint density at radius 3 is 2.93 bits per heavy atom. The lowest BCUT2D eigenvalue weighted by Gasteiger charge is -2.03. The van der Waals surface area contributed by atoms with E-state index in [1.807, 2.05) is 0 Å². The van der Waals surface area contributed by atoms with Gasteiger partial charge < -0.3 is 4.74 Å². The lowest BCUT2D eigenvalue weighted by atomic mass is 10.3. The Balaban J connectivity index is 2.67. The van der Waals surface area contributed by atoms with E-state index in [0.29, 0.717) is 0 Å². The number of benzene rings is 1. The molecule has 1 rings (SSSR count). The Bertz CT molecular complexity index is 401. The van der Waals surface area contributed by atoms with E-state index in [4.69, 9.17) is 10.3 Å². The molecule has 0 saturated heterocycles. The molecule has 0 atom stereocenters. The molecule has 0 aliphatic rings. The molecule has 7 heteroatoms. The van der Waals surface area contributed by atoms with Crippen LogP contribution in [0.2, 0.25) is 0 Å². The van der Waals surface area contributed by atoms with Gasteiger partial charge in [-0.2, -0.15) is 0 Å². The van der Waals surface area contributed by atoms with Gasteiger partial charge in [-0.05, 0) is 11.6 Å². The molecule has 78 valence electrons. The number of hydrogen-bond acceptors (Lipinski definition) is 4. The van der Waals surface area contributed by atoms with E-state index in [1.54, 1.807) is 12.1 Å². The minimum atomic E-state index is -0.525. The van der Waals surface area contributed by atoms with Crippen molar-refractivity contribution < 1.29 is 9.66 Å². The average molecular weight is 208 g/mol. The molecule has 0 heterocycles. The number of nitro groups is 1. The van der Waals surface area contributed by atoms with Crippen molar-refractivity contribution in [3.63, 3.8) is 0 Å². The minimum Gasteiger partial charge on any atom is -0.487 e. The summed E-state index contributed by atoms with van der Waals surface area (Å²) in [5.74, 6) is 0.177. The van der Waals surface area contributed by atoms with Crippen molar-refractivity contribution in [2.24, 2.45) is 5.11 Å². The number of nitrogens with zero attached hydrogens (tertiary/aromatic N) is 4. The summed E-state index contributed by atoms with van der Waals surface area (Å²) >= 11 is 0. The van der Waals surface area contributed by atoms with Crippen molar-refractivity contribution in [1.82, 2.24) is 0 Å². The zero-order chi connectivity index (χ0) is 11.1. The number of para-hydroxylation sites is 2. The summed E-state index contributed by atoms with van der Waals surface area (Å²) in [6, 6.07) is 6.03. The van der Waals surface area contributed by atoms with E-state index in [-0.39, 0.29) is 24.6 Å². The Kier molecular flexibility index (Phi) is 3.93. The summed E-state index contributed by atoms with van der Waals surface area (Å²) < 4.78 is 5.09. The molecule has 0 amide bonds. The number of hydrogen-bond donors (Lipinski definition) is 0. The Morgan fingerprint density at radius 1 is 1.53 bits per heavy atom. The van der Waals surface area contributed by atoms with Crippen LogP contribution in [0.4, 0.5) is 5.69 Å². The van der Waals surface area contributed by atoms with E-state index in [2.05, 4.69) is 10.0 Å². The zero-order valence-corrected chi connectivity index (χ0v) is 7.74. The number of ether oxygens (including phenoxy) is 1. The van der Waals surface area contributed by atoms with Crippen LogP contribution in [0.15, 0.2) is 29.4 Å². The standard InChI is InChI=1S/C8H8N4O3/c9-11-10-5-6-15-8-4-2-1-3-7(8)12(13)14/h1-4H,5-6H2. The first-order valence-electron chi connectivity index (χ1n) is 4.13. The lowest BCUT2D eigenvalue weighted by molar-refractivity contribution is -0.385. The van der Waals surface area contributed by atoms with Crippen LogP contribution >= 0.6 is 0 Å². The predicted octanol–water partition coefficient (Wildman–Crippen LogP) is 2.28. The fourth-order valence-electron chi connectivity index (χ4n) is 0.971. The molecule has 0 saturated carbocycles. The quantitative estimate of drug-likeness (QED) is 0.185. The first kappa shape index (κ1) is 10.8. The number of nitro benzene ring substituents is 1. The third-order valence-electron chi connectivity index (χ3n) is 1.57. The molecule has 0 radical (unpaired) electrons. The molecule has 15 heavy (non-hydrogen) atoms. The van der Waals surface area contributed by atoms with Crippen LogP contribution < -0.4 is 4.74 Å². The summed E-state index contributed by atoms with van der Waals surface area (Å²) in [5, 5.41) is 13.8. The van der Waals surface area contributed by atoms with Crippen molar-refractivity contribution in [2.75, 3.05) is 13.2 Å². The molecule has 0 aliphatic heterocycles. The molecule has 0 N–H and O–H groups in total. The Hall–Kier alpha value is -2.27. The molecular weight excluding hydrogens is 200 g/mol. The Morgan fingerprint density at radius 2 is 2.27 bits per heavy atom. The highest BCUT2D eigenvalue weighted by atomic mass is 16.6. The minimum absolute atomic E-state index is 0.0987. The highest BCUT2D eigenvalue weighted by molar-refractivity contribution is 5.45. The summed E-state index contributed by atoms with van der Waals surface area (Å²) in [6.45, 7) is 0.261. The van der Waals surface area contributed by atoms with Crippen LogP contribution in [0.25, 0.3) is 10.4 Å². The first-order valence-corrected chi connectivity index (χ1v) is 4.13. The van der Waals surface area contributed by atoms with Gasteiger partial charge in [0.15, 0.2) is 5.75 Å². The van der Waals surface area contributed by atoms with Crippen LogP contribution in [0.3, 0.4) is 0 Å². The van der Waals surface area contributed by atoms with Gasteiger partial charge in [-0.3, -0.25) is 10.1 Å². The van der Waals surface area contributed by atoms with Crippen molar-refractivity contribution >= 4 is 5.69 Å². The highest BCUT2D eigenvalue weighted by Gasteiger charge is 2.12. The average Bonchev–Trinajstić information content (AvgIpc) is 2.25. The largest absolute Gasteiger partial charge is 0.487 e. The SMILES string of the molecule is [N-]=[N+]=NCCOc1ccccc1[N+](=O)[O-]. The number of azide groups is 1. The van der Waals surface area contributed by atoms with Crippen molar-refractivity contribution in [3.8, 4) is 5.75 Å². The van der Waals surface area contributed by atoms with E-state index in [0.717, 1.165) is 0 Å². The monoisotopic (exact) mass is 208 g/mol. The molecule has 0 aromatic heterocycles. The zero-order valence-electron chi connectivity index (χ0n) is 7.74. The molecule has 1 aromatic rings. The molecule has 0 spiro atoms. The predicted molar refractivity (Wildman–Crippen MR) is 52.6 cm³/mol. The second kappa shape index (κ2) is 5.46. The van der Waals surface area contributed by atoms with Gasteiger partial charge in [-0.15, -0.1) is 0 Å². The topological polar surface area (TPSA) is 101 Å². The maximum atomic E-state index is 10.6. The van der Waals surface area contributed by atoms with Crippen LogP contribution in [-0.4, -0.2) is 18.1 Å². The maximum absolute atomic E-state index is 10.6. The fraction of sp³-hybridized carbons (Fsp3) is 0.250. The van der Waals surface area contributed by atoms with Crippen LogP contribution in [0.1, 0.15) is 0 Å². The maximum Gasteiger partial charge on any atom is 0.310 e. The summed E-state index contributed by atoms with van der Waals surface area (Å²) in [4.78, 5) is 12.6. The molecule has 0 aliphatic carbocycles. The number of rotatable bonds is 5. The van der Waals surface area contributed by atoms with Gasteiger partial charge in [0.2, 0.25) is 0 Å². The van der Waals surface area contributed by atoms with Gasteiger partial charge in [0.25, 0.3) is 0 Å². The Labute approximate surface area is 85.1 Å². The highest BCUT2D eigenvalue weighted by Crippen LogP contribution is 2.25. The molecule has 0 bridgehead atoms. The van der Waals surface area contributed by atoms with Crippen LogP contribution in [-0.2, 0) is 0 Å². The molecule has 0 fully saturated rings. The first-order chi connectivity index (χ1) is 7.25. The summed E-state index contributed by atoms with van der Waals surface area (Å²) in [6.07, 6.45) is 0. The van der Waals surface area contributed by atoms with Gasteiger partial charge >= 0.3 is 5.69 Å². The molecule has 1 aromatic carbocycles. The van der Waals surface area contributed by atoms with E-state index in [9.17, 15) is 10.1 Å².